The van der Waals surface area contributed by atoms with Crippen molar-refractivity contribution in [2.24, 2.45) is 0 Å². The molecule has 8 heteroatoms. The van der Waals surface area contributed by atoms with Crippen molar-refractivity contribution in [1.82, 2.24) is 24.8 Å². The highest BCUT2D eigenvalue weighted by Gasteiger charge is 2.37. The van der Waals surface area contributed by atoms with Crippen LogP contribution >= 0.6 is 0 Å². The molecule has 2 aliphatic carbocycles. The Hall–Kier alpha value is -2.64. The maximum absolute atomic E-state index is 4.75. The molecule has 4 heterocycles. The number of allylic oxidation sites excluding steroid dienone is 2. The molecule has 2 aromatic rings. The molecule has 184 valence electrons. The number of hydrogen-bond donors (Lipinski definition) is 1. The number of nitrogens with one attached hydrogen (secondary N) is 1. The molecule has 0 radical (unpaired) electrons. The summed E-state index contributed by atoms with van der Waals surface area (Å²) in [5.74, 6) is 4.12. The van der Waals surface area contributed by atoms with Gasteiger partial charge >= 0.3 is 5.95 Å². The van der Waals surface area contributed by atoms with E-state index in [2.05, 4.69) is 64.1 Å². The van der Waals surface area contributed by atoms with Gasteiger partial charge in [0.1, 0.15) is 6.04 Å². The van der Waals surface area contributed by atoms with E-state index in [1.165, 1.54) is 62.5 Å². The van der Waals surface area contributed by atoms with Crippen LogP contribution in [0.2, 0.25) is 0 Å². The summed E-state index contributed by atoms with van der Waals surface area (Å²) in [6, 6.07) is 1.27. The largest absolute Gasteiger partial charge is 0.414 e. The highest BCUT2D eigenvalue weighted by atomic mass is 15.5. The molecule has 0 aromatic carbocycles. The van der Waals surface area contributed by atoms with Crippen molar-refractivity contribution in [2.75, 3.05) is 36.0 Å². The first-order chi connectivity index (χ1) is 16.5. The number of aromatic nitrogens is 6. The van der Waals surface area contributed by atoms with Crippen LogP contribution < -0.4 is 14.5 Å². The first kappa shape index (κ1) is 23.1. The Morgan fingerprint density at radius 3 is 2.00 bits per heavy atom. The Bertz CT molecular complexity index is 1030. The molecule has 2 saturated heterocycles. The average Bonchev–Trinajstić information content (AvgIpc) is 3.54. The van der Waals surface area contributed by atoms with E-state index in [1.54, 1.807) is 0 Å². The molecule has 2 aliphatic heterocycles. The molecule has 34 heavy (non-hydrogen) atoms. The van der Waals surface area contributed by atoms with Gasteiger partial charge in [-0.25, -0.2) is 9.78 Å². The van der Waals surface area contributed by atoms with E-state index in [4.69, 9.17) is 15.1 Å². The third-order valence-electron chi connectivity index (χ3n) is 6.74. The fourth-order valence-electron chi connectivity index (χ4n) is 4.74. The Balaban J connectivity index is 0.000000142. The normalized spacial score (nSPS) is 19.8. The van der Waals surface area contributed by atoms with Crippen LogP contribution in [0.1, 0.15) is 103 Å². The molecule has 0 amide bonds. The first-order valence-corrected chi connectivity index (χ1v) is 13.3. The first-order valence-electron chi connectivity index (χ1n) is 13.3. The second-order valence-corrected chi connectivity index (χ2v) is 10.8. The Kier molecular flexibility index (Phi) is 6.75. The molecule has 6 rings (SSSR count). The van der Waals surface area contributed by atoms with Gasteiger partial charge in [-0.05, 0) is 96.2 Å². The van der Waals surface area contributed by atoms with Gasteiger partial charge < -0.3 is 4.90 Å². The van der Waals surface area contributed by atoms with Gasteiger partial charge in [0.15, 0.2) is 5.82 Å². The van der Waals surface area contributed by atoms with Gasteiger partial charge in [0.05, 0.1) is 19.1 Å². The molecule has 1 N–H and O–H groups in total. The molecular formula is C26H41N8+. The highest BCUT2D eigenvalue weighted by Crippen LogP contribution is 2.36. The quantitative estimate of drug-likeness (QED) is 0.627. The number of H-pyrrole nitrogens is 1. The van der Waals surface area contributed by atoms with Crippen molar-refractivity contribution < 1.29 is 4.68 Å². The second kappa shape index (κ2) is 9.92. The number of hydrogen-bond acceptors (Lipinski definition) is 5. The Morgan fingerprint density at radius 2 is 1.44 bits per heavy atom. The maximum Gasteiger partial charge on any atom is 0.414 e. The molecular weight excluding hydrogens is 424 g/mol. The van der Waals surface area contributed by atoms with Gasteiger partial charge in [0.2, 0.25) is 11.8 Å². The molecule has 0 bridgehead atoms. The fraction of sp³-hybridized carbons (Fsp3) is 0.692. The van der Waals surface area contributed by atoms with Crippen molar-refractivity contribution in [3.8, 4) is 0 Å². The van der Waals surface area contributed by atoms with Crippen LogP contribution in [-0.2, 0) is 0 Å². The zero-order valence-corrected chi connectivity index (χ0v) is 21.4. The molecule has 8 nitrogen and oxygen atoms in total. The lowest BCUT2D eigenvalue weighted by Gasteiger charge is -2.10. The summed E-state index contributed by atoms with van der Waals surface area (Å²) in [6.45, 7) is 13.0. The third-order valence-corrected chi connectivity index (χ3v) is 6.74. The van der Waals surface area contributed by atoms with Crippen LogP contribution in [0.3, 0.4) is 0 Å². The minimum Gasteiger partial charge on any atom is -0.340 e. The minimum absolute atomic E-state index is 0.601. The van der Waals surface area contributed by atoms with E-state index in [0.29, 0.717) is 12.1 Å². The predicted octanol–water partition coefficient (Wildman–Crippen LogP) is 4.69. The van der Waals surface area contributed by atoms with Gasteiger partial charge in [0, 0.05) is 13.1 Å². The van der Waals surface area contributed by atoms with E-state index >= 15 is 0 Å². The van der Waals surface area contributed by atoms with Crippen LogP contribution in [0.25, 0.3) is 12.2 Å². The standard InChI is InChI=1S/2C13H20N4/c1-10(2)9-12-14-13(16-7-3-4-8-16)15-17(12)11-5-6-11;1-10(2)9-12-14-13(16-7-3-4-8-16)17(15-12)11-5-6-11/h2*9,11H,3-8H2,1-2H3/p+1. The van der Waals surface area contributed by atoms with Crippen LogP contribution in [0.4, 0.5) is 11.9 Å². The summed E-state index contributed by atoms with van der Waals surface area (Å²) in [6.07, 6.45) is 14.5. The van der Waals surface area contributed by atoms with E-state index in [1.807, 2.05) is 0 Å². The van der Waals surface area contributed by atoms with Crippen LogP contribution in [0, 0.1) is 0 Å². The summed E-state index contributed by atoms with van der Waals surface area (Å²) < 4.78 is 4.40. The molecule has 4 aliphatic rings. The highest BCUT2D eigenvalue weighted by molar-refractivity contribution is 5.47. The smallest absolute Gasteiger partial charge is 0.340 e. The van der Waals surface area contributed by atoms with Gasteiger partial charge in [0.25, 0.3) is 0 Å². The molecule has 0 spiro atoms. The summed E-state index contributed by atoms with van der Waals surface area (Å²) in [5.41, 5.74) is 2.57. The molecule has 0 unspecified atom stereocenters. The number of anilines is 2. The van der Waals surface area contributed by atoms with Crippen LogP contribution in [-0.4, -0.2) is 51.0 Å². The van der Waals surface area contributed by atoms with Crippen molar-refractivity contribution in [3.05, 3.63) is 22.8 Å². The number of rotatable bonds is 6. The lowest BCUT2D eigenvalue weighted by Crippen LogP contribution is -2.41. The molecule has 2 saturated carbocycles. The van der Waals surface area contributed by atoms with Gasteiger partial charge in [-0.1, -0.05) is 11.1 Å². The van der Waals surface area contributed by atoms with Crippen LogP contribution in [0.15, 0.2) is 11.1 Å². The van der Waals surface area contributed by atoms with E-state index in [9.17, 15) is 0 Å². The number of nitrogens with zero attached hydrogens (tertiary/aromatic N) is 7. The second-order valence-electron chi connectivity index (χ2n) is 10.8. The van der Waals surface area contributed by atoms with Crippen LogP contribution in [0.5, 0.6) is 0 Å². The SMILES string of the molecule is CC(C)=Cc1nc(N2CCCC2)[n+](C2CC2)[nH]1.CC(C)=Cc1nc(N2CCCC2)nn1C1CC1. The number of aromatic amines is 1. The van der Waals surface area contributed by atoms with E-state index in [0.717, 1.165) is 49.7 Å². The predicted molar refractivity (Wildman–Crippen MR) is 137 cm³/mol. The minimum atomic E-state index is 0.601. The Labute approximate surface area is 203 Å². The van der Waals surface area contributed by atoms with E-state index < -0.39 is 0 Å². The van der Waals surface area contributed by atoms with Gasteiger partial charge in [-0.2, -0.15) is 9.67 Å². The lowest BCUT2D eigenvalue weighted by molar-refractivity contribution is -0.743. The topological polar surface area (TPSA) is 69.8 Å². The maximum atomic E-state index is 4.75. The summed E-state index contributed by atoms with van der Waals surface area (Å²) in [5, 5.41) is 8.13. The summed E-state index contributed by atoms with van der Waals surface area (Å²) >= 11 is 0. The third kappa shape index (κ3) is 5.53. The lowest BCUT2D eigenvalue weighted by atomic mass is 10.3. The molecule has 2 aromatic heterocycles. The fourth-order valence-corrected chi connectivity index (χ4v) is 4.74. The zero-order valence-electron chi connectivity index (χ0n) is 21.4. The monoisotopic (exact) mass is 465 g/mol. The Morgan fingerprint density at radius 1 is 0.824 bits per heavy atom. The molecule has 4 fully saturated rings. The zero-order chi connectivity index (χ0) is 23.7. The van der Waals surface area contributed by atoms with Crippen molar-refractivity contribution in [1.29, 1.82) is 0 Å². The van der Waals surface area contributed by atoms with Gasteiger partial charge in [-0.3, -0.25) is 4.90 Å². The van der Waals surface area contributed by atoms with Gasteiger partial charge in [-0.15, -0.1) is 5.10 Å². The van der Waals surface area contributed by atoms with Crippen molar-refractivity contribution in [2.45, 2.75) is 91.1 Å². The van der Waals surface area contributed by atoms with Crippen molar-refractivity contribution in [3.63, 3.8) is 0 Å². The van der Waals surface area contributed by atoms with E-state index in [-0.39, 0.29) is 0 Å². The summed E-state index contributed by atoms with van der Waals surface area (Å²) in [7, 11) is 0. The summed E-state index contributed by atoms with van der Waals surface area (Å²) in [4.78, 5) is 14.2. The average molecular weight is 466 g/mol. The molecule has 0 atom stereocenters. The van der Waals surface area contributed by atoms with Crippen molar-refractivity contribution >= 4 is 24.0 Å².